The lowest BCUT2D eigenvalue weighted by Gasteiger charge is -2.25. The van der Waals surface area contributed by atoms with Crippen LogP contribution in [0, 0.1) is 6.92 Å². The lowest BCUT2D eigenvalue weighted by Crippen LogP contribution is -2.38. The average Bonchev–Trinajstić information content (AvgIpc) is 2.20. The molecule has 4 heteroatoms. The molecule has 0 bridgehead atoms. The third kappa shape index (κ3) is 4.94. The minimum absolute atomic E-state index is 0.111. The van der Waals surface area contributed by atoms with E-state index in [2.05, 4.69) is 9.80 Å². The summed E-state index contributed by atoms with van der Waals surface area (Å²) < 4.78 is 6.01. The molecule has 0 saturated carbocycles. The van der Waals surface area contributed by atoms with Gasteiger partial charge >= 0.3 is 0 Å². The van der Waals surface area contributed by atoms with Crippen LogP contribution in [0.1, 0.15) is 5.56 Å². The maximum atomic E-state index is 6.01. The zero-order valence-corrected chi connectivity index (χ0v) is 12.1. The molecule has 0 aliphatic rings. The molecule has 18 heavy (non-hydrogen) atoms. The number of anilines is 1. The standard InChI is InChI=1S/C14H25N3O/c1-11-6-7-14(13(15)8-11)18-12(9-16(2)3)10-17(4)5/h6-8,12H,9-10,15H2,1-5H3. The molecule has 1 aromatic carbocycles. The van der Waals surface area contributed by atoms with Crippen molar-refractivity contribution in [2.45, 2.75) is 13.0 Å². The van der Waals surface area contributed by atoms with Crippen molar-refractivity contribution in [3.8, 4) is 5.75 Å². The Morgan fingerprint density at radius 1 is 1.11 bits per heavy atom. The van der Waals surface area contributed by atoms with Crippen molar-refractivity contribution >= 4 is 5.69 Å². The topological polar surface area (TPSA) is 41.7 Å². The second-order valence-corrected chi connectivity index (χ2v) is 5.31. The Morgan fingerprint density at radius 2 is 1.67 bits per heavy atom. The number of hydrogen-bond donors (Lipinski definition) is 1. The van der Waals surface area contributed by atoms with E-state index in [4.69, 9.17) is 10.5 Å². The molecular weight excluding hydrogens is 226 g/mol. The number of benzene rings is 1. The summed E-state index contributed by atoms with van der Waals surface area (Å²) in [5, 5.41) is 0. The van der Waals surface area contributed by atoms with Gasteiger partial charge in [-0.25, -0.2) is 0 Å². The maximum Gasteiger partial charge on any atom is 0.142 e. The zero-order chi connectivity index (χ0) is 13.7. The first-order valence-corrected chi connectivity index (χ1v) is 6.20. The van der Waals surface area contributed by atoms with E-state index >= 15 is 0 Å². The van der Waals surface area contributed by atoms with E-state index in [0.717, 1.165) is 24.4 Å². The molecule has 0 amide bonds. The Balaban J connectivity index is 2.75. The second kappa shape index (κ2) is 6.61. The van der Waals surface area contributed by atoms with Gasteiger partial charge in [0.25, 0.3) is 0 Å². The van der Waals surface area contributed by atoms with Crippen LogP contribution in [0.4, 0.5) is 5.69 Å². The molecule has 0 radical (unpaired) electrons. The summed E-state index contributed by atoms with van der Waals surface area (Å²) in [4.78, 5) is 4.25. The van der Waals surface area contributed by atoms with E-state index in [1.165, 1.54) is 0 Å². The van der Waals surface area contributed by atoms with Gasteiger partial charge in [-0.2, -0.15) is 0 Å². The molecule has 0 saturated heterocycles. The number of aryl methyl sites for hydroxylation is 1. The summed E-state index contributed by atoms with van der Waals surface area (Å²) >= 11 is 0. The first-order chi connectivity index (χ1) is 8.38. The SMILES string of the molecule is Cc1ccc(OC(CN(C)C)CN(C)C)c(N)c1. The van der Waals surface area contributed by atoms with Crippen LogP contribution in [0.25, 0.3) is 0 Å². The van der Waals surface area contributed by atoms with E-state index in [9.17, 15) is 0 Å². The molecule has 4 nitrogen and oxygen atoms in total. The highest BCUT2D eigenvalue weighted by Crippen LogP contribution is 2.23. The molecule has 0 spiro atoms. The molecule has 1 aromatic rings. The normalized spacial score (nSPS) is 11.6. The molecule has 0 heterocycles. The molecule has 0 aromatic heterocycles. The summed E-state index contributed by atoms with van der Waals surface area (Å²) in [5.41, 5.74) is 7.83. The smallest absolute Gasteiger partial charge is 0.142 e. The van der Waals surface area contributed by atoms with Crippen molar-refractivity contribution in [1.82, 2.24) is 9.80 Å². The number of likely N-dealkylation sites (N-methyl/N-ethyl adjacent to an activating group) is 2. The molecule has 2 N–H and O–H groups in total. The van der Waals surface area contributed by atoms with E-state index in [1.54, 1.807) is 0 Å². The number of ether oxygens (including phenoxy) is 1. The van der Waals surface area contributed by atoms with Crippen LogP contribution in [0.2, 0.25) is 0 Å². The molecule has 0 atom stereocenters. The summed E-state index contributed by atoms with van der Waals surface area (Å²) in [6.45, 7) is 3.76. The summed E-state index contributed by atoms with van der Waals surface area (Å²) in [6.07, 6.45) is 0.111. The molecule has 0 aliphatic heterocycles. The van der Waals surface area contributed by atoms with Gasteiger partial charge in [-0.1, -0.05) is 6.07 Å². The van der Waals surface area contributed by atoms with Crippen molar-refractivity contribution in [2.75, 3.05) is 47.0 Å². The first-order valence-electron chi connectivity index (χ1n) is 6.20. The Labute approximate surface area is 110 Å². The van der Waals surface area contributed by atoms with Gasteiger partial charge in [0.1, 0.15) is 11.9 Å². The zero-order valence-electron chi connectivity index (χ0n) is 12.1. The Bertz CT molecular complexity index is 367. The number of nitrogens with zero attached hydrogens (tertiary/aromatic N) is 2. The van der Waals surface area contributed by atoms with Gasteiger partial charge in [-0.15, -0.1) is 0 Å². The molecule has 1 rings (SSSR count). The van der Waals surface area contributed by atoms with E-state index in [-0.39, 0.29) is 6.10 Å². The Morgan fingerprint density at radius 3 is 2.11 bits per heavy atom. The highest BCUT2D eigenvalue weighted by Gasteiger charge is 2.14. The van der Waals surface area contributed by atoms with Gasteiger partial charge in [0.15, 0.2) is 0 Å². The van der Waals surface area contributed by atoms with Gasteiger partial charge in [-0.05, 0) is 52.8 Å². The Kier molecular flexibility index (Phi) is 5.44. The van der Waals surface area contributed by atoms with Gasteiger partial charge < -0.3 is 20.3 Å². The van der Waals surface area contributed by atoms with E-state index in [1.807, 2.05) is 53.3 Å². The average molecular weight is 251 g/mol. The fraction of sp³-hybridized carbons (Fsp3) is 0.571. The van der Waals surface area contributed by atoms with Gasteiger partial charge in [0, 0.05) is 13.1 Å². The molecule has 102 valence electrons. The van der Waals surface area contributed by atoms with Crippen LogP contribution < -0.4 is 10.5 Å². The number of nitrogen functional groups attached to an aromatic ring is 1. The molecule has 0 fully saturated rings. The van der Waals surface area contributed by atoms with Crippen molar-refractivity contribution in [3.05, 3.63) is 23.8 Å². The molecule has 0 unspecified atom stereocenters. The van der Waals surface area contributed by atoms with E-state index < -0.39 is 0 Å². The third-order valence-corrected chi connectivity index (χ3v) is 2.60. The number of hydrogen-bond acceptors (Lipinski definition) is 4. The second-order valence-electron chi connectivity index (χ2n) is 5.31. The van der Waals surface area contributed by atoms with Gasteiger partial charge in [-0.3, -0.25) is 0 Å². The van der Waals surface area contributed by atoms with Crippen LogP contribution in [-0.4, -0.2) is 57.2 Å². The van der Waals surface area contributed by atoms with Crippen molar-refractivity contribution in [2.24, 2.45) is 0 Å². The summed E-state index contributed by atoms with van der Waals surface area (Å²) in [5.74, 6) is 0.773. The fourth-order valence-electron chi connectivity index (χ4n) is 1.90. The highest BCUT2D eigenvalue weighted by molar-refractivity contribution is 5.54. The third-order valence-electron chi connectivity index (χ3n) is 2.60. The maximum absolute atomic E-state index is 6.01. The van der Waals surface area contributed by atoms with Crippen LogP contribution in [0.5, 0.6) is 5.75 Å². The Hall–Kier alpha value is -1.26. The monoisotopic (exact) mass is 251 g/mol. The predicted molar refractivity (Wildman–Crippen MR) is 77.1 cm³/mol. The predicted octanol–water partition coefficient (Wildman–Crippen LogP) is 1.45. The molecule has 0 aliphatic carbocycles. The summed E-state index contributed by atoms with van der Waals surface area (Å²) in [7, 11) is 8.18. The van der Waals surface area contributed by atoms with Crippen LogP contribution in [0.15, 0.2) is 18.2 Å². The first kappa shape index (κ1) is 14.8. The lowest BCUT2D eigenvalue weighted by atomic mass is 10.2. The lowest BCUT2D eigenvalue weighted by molar-refractivity contribution is 0.129. The number of rotatable bonds is 6. The summed E-state index contributed by atoms with van der Waals surface area (Å²) in [6, 6.07) is 5.91. The van der Waals surface area contributed by atoms with Crippen molar-refractivity contribution in [1.29, 1.82) is 0 Å². The minimum Gasteiger partial charge on any atom is -0.486 e. The van der Waals surface area contributed by atoms with Gasteiger partial charge in [0.05, 0.1) is 5.69 Å². The highest BCUT2D eigenvalue weighted by atomic mass is 16.5. The molecular formula is C14H25N3O. The van der Waals surface area contributed by atoms with E-state index in [0.29, 0.717) is 5.69 Å². The fourth-order valence-corrected chi connectivity index (χ4v) is 1.90. The largest absolute Gasteiger partial charge is 0.486 e. The quantitative estimate of drug-likeness (QED) is 0.777. The number of nitrogens with two attached hydrogens (primary N) is 1. The van der Waals surface area contributed by atoms with Crippen LogP contribution >= 0.6 is 0 Å². The van der Waals surface area contributed by atoms with Crippen molar-refractivity contribution in [3.63, 3.8) is 0 Å². The van der Waals surface area contributed by atoms with Crippen LogP contribution in [-0.2, 0) is 0 Å². The van der Waals surface area contributed by atoms with Crippen LogP contribution in [0.3, 0.4) is 0 Å². The minimum atomic E-state index is 0.111. The van der Waals surface area contributed by atoms with Crippen molar-refractivity contribution < 1.29 is 4.74 Å². The van der Waals surface area contributed by atoms with Gasteiger partial charge in [0.2, 0.25) is 0 Å².